The van der Waals surface area contributed by atoms with Gasteiger partial charge < -0.3 is 14.1 Å². The maximum atomic E-state index is 13.2. The lowest BCUT2D eigenvalue weighted by atomic mass is 9.68. The Morgan fingerprint density at radius 3 is 2.86 bits per heavy atom. The molecule has 0 unspecified atom stereocenters. The van der Waals surface area contributed by atoms with Crippen molar-refractivity contribution < 1.29 is 9.15 Å². The van der Waals surface area contributed by atoms with E-state index in [9.17, 15) is 4.79 Å². The van der Waals surface area contributed by atoms with Crippen LogP contribution < -0.4 is 15.1 Å². The molecule has 0 bridgehead atoms. The Bertz CT molecular complexity index is 982. The summed E-state index contributed by atoms with van der Waals surface area (Å²) in [5.74, 6) is 3.00. The number of hydrogen-bond acceptors (Lipinski definition) is 5. The van der Waals surface area contributed by atoms with Crippen molar-refractivity contribution in [3.8, 4) is 5.75 Å². The number of fused-ring (bicyclic) bond motifs is 5. The van der Waals surface area contributed by atoms with Gasteiger partial charge in [0.05, 0.1) is 18.1 Å². The minimum absolute atomic E-state index is 0.147. The molecule has 2 aromatic rings. The van der Waals surface area contributed by atoms with Gasteiger partial charge in [0, 0.05) is 24.7 Å². The Morgan fingerprint density at radius 1 is 1.14 bits per heavy atom. The normalized spacial score (nSPS) is 31.8. The fraction of sp³-hybridized carbons (Fsp3) is 0.609. The largest absolute Gasteiger partial charge is 0.497 e. The molecule has 3 fully saturated rings. The van der Waals surface area contributed by atoms with Gasteiger partial charge in [0.25, 0.3) is 0 Å². The molecule has 0 aliphatic carbocycles. The fourth-order valence-electron chi connectivity index (χ4n) is 6.67. The first-order valence-corrected chi connectivity index (χ1v) is 10.9. The predicted octanol–water partition coefficient (Wildman–Crippen LogP) is 3.43. The first-order valence-electron chi connectivity index (χ1n) is 10.9. The van der Waals surface area contributed by atoms with Gasteiger partial charge in [0.2, 0.25) is 5.88 Å². The summed E-state index contributed by atoms with van der Waals surface area (Å²) < 4.78 is 11.8. The van der Waals surface area contributed by atoms with Gasteiger partial charge in [-0.1, -0.05) is 0 Å². The van der Waals surface area contributed by atoms with Gasteiger partial charge in [-0.3, -0.25) is 9.69 Å². The van der Waals surface area contributed by atoms with Crippen LogP contribution >= 0.6 is 0 Å². The first-order chi connectivity index (χ1) is 13.7. The molecule has 0 radical (unpaired) electrons. The minimum Gasteiger partial charge on any atom is -0.497 e. The fourth-order valence-corrected chi connectivity index (χ4v) is 6.67. The third kappa shape index (κ3) is 2.32. The van der Waals surface area contributed by atoms with E-state index in [4.69, 9.17) is 9.15 Å². The van der Waals surface area contributed by atoms with Gasteiger partial charge in [-0.2, -0.15) is 0 Å². The lowest BCUT2D eigenvalue weighted by molar-refractivity contribution is -0.0152. The average molecular weight is 380 g/mol. The molecule has 0 saturated carbocycles. The molecule has 0 amide bonds. The summed E-state index contributed by atoms with van der Waals surface area (Å²) in [5, 5.41) is 0.675. The second-order valence-corrected chi connectivity index (χ2v) is 9.07. The van der Waals surface area contributed by atoms with Crippen molar-refractivity contribution in [1.82, 2.24) is 4.90 Å². The number of anilines is 1. The highest BCUT2D eigenvalue weighted by molar-refractivity contribution is 5.81. The highest BCUT2D eigenvalue weighted by atomic mass is 16.5. The second kappa shape index (κ2) is 6.24. The van der Waals surface area contributed by atoms with Gasteiger partial charge in [-0.05, 0) is 75.6 Å². The zero-order chi connectivity index (χ0) is 18.8. The quantitative estimate of drug-likeness (QED) is 0.759. The Hall–Kier alpha value is -2.01. The summed E-state index contributed by atoms with van der Waals surface area (Å²) in [4.78, 5) is 18.5. The van der Waals surface area contributed by atoms with Crippen LogP contribution in [-0.2, 0) is 6.42 Å². The molecule has 6 rings (SSSR count). The molecule has 4 aliphatic heterocycles. The Morgan fingerprint density at radius 2 is 2.00 bits per heavy atom. The maximum absolute atomic E-state index is 13.2. The van der Waals surface area contributed by atoms with E-state index in [1.807, 2.05) is 18.2 Å². The lowest BCUT2D eigenvalue weighted by Gasteiger charge is -2.58. The Kier molecular flexibility index (Phi) is 3.77. The van der Waals surface area contributed by atoms with E-state index in [2.05, 4.69) is 9.80 Å². The molecule has 5 nitrogen and oxygen atoms in total. The van der Waals surface area contributed by atoms with E-state index in [0.717, 1.165) is 42.6 Å². The van der Waals surface area contributed by atoms with E-state index in [1.165, 1.54) is 38.8 Å². The molecule has 28 heavy (non-hydrogen) atoms. The Balaban J connectivity index is 1.47. The van der Waals surface area contributed by atoms with Gasteiger partial charge in [-0.25, -0.2) is 0 Å². The number of hydrogen-bond donors (Lipinski definition) is 0. The molecular weight excluding hydrogens is 352 g/mol. The topological polar surface area (TPSA) is 45.9 Å². The highest BCUT2D eigenvalue weighted by Gasteiger charge is 2.50. The molecule has 4 atom stereocenters. The van der Waals surface area contributed by atoms with Crippen LogP contribution in [0.4, 0.5) is 5.88 Å². The van der Waals surface area contributed by atoms with Crippen molar-refractivity contribution in [2.45, 2.75) is 50.6 Å². The molecule has 0 N–H and O–H groups in total. The predicted molar refractivity (Wildman–Crippen MR) is 109 cm³/mol. The molecular formula is C23H28N2O3. The zero-order valence-electron chi connectivity index (χ0n) is 16.5. The number of ether oxygens (including phenoxy) is 1. The van der Waals surface area contributed by atoms with Crippen LogP contribution in [0.1, 0.15) is 37.7 Å². The number of benzene rings is 1. The van der Waals surface area contributed by atoms with Crippen LogP contribution in [0.2, 0.25) is 0 Å². The van der Waals surface area contributed by atoms with Crippen molar-refractivity contribution in [1.29, 1.82) is 0 Å². The zero-order valence-corrected chi connectivity index (χ0v) is 16.5. The SMILES string of the molecule is COc1ccc2c(=O)c3c(oc2c1)N1C[C@@H]2CCCN4CCC[C@@H]([C@H]24)[C@H]1CC3. The van der Waals surface area contributed by atoms with Crippen LogP contribution in [0.5, 0.6) is 5.75 Å². The molecule has 5 heteroatoms. The van der Waals surface area contributed by atoms with E-state index in [1.54, 1.807) is 7.11 Å². The van der Waals surface area contributed by atoms with Crippen molar-refractivity contribution in [3.05, 3.63) is 34.0 Å². The van der Waals surface area contributed by atoms with Gasteiger partial charge in [-0.15, -0.1) is 0 Å². The summed E-state index contributed by atoms with van der Waals surface area (Å²) in [6.07, 6.45) is 7.17. The Labute approximate surface area is 165 Å². The summed E-state index contributed by atoms with van der Waals surface area (Å²) in [6, 6.07) is 6.81. The van der Waals surface area contributed by atoms with Gasteiger partial charge >= 0.3 is 0 Å². The number of piperidine rings is 3. The maximum Gasteiger partial charge on any atom is 0.203 e. The monoisotopic (exact) mass is 380 g/mol. The van der Waals surface area contributed by atoms with Crippen LogP contribution in [0, 0.1) is 11.8 Å². The van der Waals surface area contributed by atoms with Crippen molar-refractivity contribution in [3.63, 3.8) is 0 Å². The van der Waals surface area contributed by atoms with Crippen molar-refractivity contribution >= 4 is 16.9 Å². The minimum atomic E-state index is 0.147. The summed E-state index contributed by atoms with van der Waals surface area (Å²) >= 11 is 0. The third-order valence-electron chi connectivity index (χ3n) is 7.80. The van der Waals surface area contributed by atoms with E-state index in [0.29, 0.717) is 28.8 Å². The van der Waals surface area contributed by atoms with Crippen LogP contribution in [0.3, 0.4) is 0 Å². The molecule has 1 aromatic carbocycles. The average Bonchev–Trinajstić information content (AvgIpc) is 2.74. The first kappa shape index (κ1) is 16.9. The van der Waals surface area contributed by atoms with E-state index in [-0.39, 0.29) is 5.43 Å². The molecule has 1 aromatic heterocycles. The van der Waals surface area contributed by atoms with Crippen molar-refractivity contribution in [2.24, 2.45) is 11.8 Å². The molecule has 148 valence electrons. The van der Waals surface area contributed by atoms with Crippen LogP contribution in [0.15, 0.2) is 27.4 Å². The van der Waals surface area contributed by atoms with Crippen molar-refractivity contribution in [2.75, 3.05) is 31.6 Å². The smallest absolute Gasteiger partial charge is 0.203 e. The van der Waals surface area contributed by atoms with Gasteiger partial charge in [0.1, 0.15) is 11.3 Å². The second-order valence-electron chi connectivity index (χ2n) is 9.07. The van der Waals surface area contributed by atoms with Crippen LogP contribution in [-0.4, -0.2) is 43.7 Å². The molecule has 5 heterocycles. The highest BCUT2D eigenvalue weighted by Crippen LogP contribution is 2.47. The summed E-state index contributed by atoms with van der Waals surface area (Å²) in [7, 11) is 1.65. The lowest BCUT2D eigenvalue weighted by Crippen LogP contribution is -2.65. The molecule has 4 aliphatic rings. The van der Waals surface area contributed by atoms with Crippen LogP contribution in [0.25, 0.3) is 11.0 Å². The number of methoxy groups -OCH3 is 1. The third-order valence-corrected chi connectivity index (χ3v) is 7.80. The van der Waals surface area contributed by atoms with E-state index < -0.39 is 0 Å². The standard InChI is InChI=1S/C23H28N2O3/c1-27-15-6-7-17-20(12-15)28-23-18(22(17)26)8-9-19-16-5-3-11-24-10-2-4-14(21(16)24)13-25(19)23/h6-7,12,14,16,19,21H,2-5,8-11,13H2,1H3/t14-,16+,19+,21-/m0/s1. The van der Waals surface area contributed by atoms with E-state index >= 15 is 0 Å². The number of nitrogens with zero attached hydrogens (tertiary/aromatic N) is 2. The molecule has 3 saturated heterocycles. The summed E-state index contributed by atoms with van der Waals surface area (Å²) in [6.45, 7) is 3.59. The molecule has 0 spiro atoms. The number of rotatable bonds is 1. The van der Waals surface area contributed by atoms with Gasteiger partial charge in [0.15, 0.2) is 5.43 Å². The summed E-state index contributed by atoms with van der Waals surface area (Å²) in [5.41, 5.74) is 1.68.